The quantitative estimate of drug-likeness (QED) is 0.805. The lowest BCUT2D eigenvalue weighted by molar-refractivity contribution is 0.174. The van der Waals surface area contributed by atoms with E-state index in [4.69, 9.17) is 9.47 Å². The van der Waals surface area contributed by atoms with Crippen LogP contribution in [0.1, 0.15) is 5.56 Å². The van der Waals surface area contributed by atoms with Gasteiger partial charge in [-0.05, 0) is 30.7 Å². The van der Waals surface area contributed by atoms with Crippen molar-refractivity contribution < 1.29 is 9.47 Å². The summed E-state index contributed by atoms with van der Waals surface area (Å²) in [4.78, 5) is 17.5. The fourth-order valence-electron chi connectivity index (χ4n) is 1.86. The number of ether oxygens (including phenoxy) is 2. The van der Waals surface area contributed by atoms with Gasteiger partial charge in [0.05, 0.1) is 5.69 Å². The van der Waals surface area contributed by atoms with Crippen molar-refractivity contribution >= 4 is 0 Å². The third-order valence-electron chi connectivity index (χ3n) is 2.68. The summed E-state index contributed by atoms with van der Waals surface area (Å²) in [6.07, 6.45) is 1.48. The summed E-state index contributed by atoms with van der Waals surface area (Å²) in [5, 5.41) is 0. The molecule has 5 nitrogen and oxygen atoms in total. The molecular formula is C12H10N2O3. The van der Waals surface area contributed by atoms with Gasteiger partial charge >= 0.3 is 5.69 Å². The number of nitrogens with zero attached hydrogens (tertiary/aromatic N) is 1. The molecule has 0 radical (unpaired) electrons. The molecule has 0 unspecified atom stereocenters. The molecule has 17 heavy (non-hydrogen) atoms. The lowest BCUT2D eigenvalue weighted by atomic mass is 10.0. The average Bonchev–Trinajstić information content (AvgIpc) is 2.75. The largest absolute Gasteiger partial charge is 0.454 e. The summed E-state index contributed by atoms with van der Waals surface area (Å²) in [6.45, 7) is 2.20. The van der Waals surface area contributed by atoms with Crippen LogP contribution in [0.2, 0.25) is 0 Å². The number of hydrogen-bond donors (Lipinski definition) is 1. The van der Waals surface area contributed by atoms with E-state index < -0.39 is 0 Å². The molecule has 1 aromatic carbocycles. The molecule has 0 amide bonds. The van der Waals surface area contributed by atoms with Crippen molar-refractivity contribution in [2.45, 2.75) is 6.92 Å². The van der Waals surface area contributed by atoms with E-state index in [0.29, 0.717) is 5.75 Å². The van der Waals surface area contributed by atoms with Crippen molar-refractivity contribution in [1.29, 1.82) is 0 Å². The third kappa shape index (κ3) is 1.65. The summed E-state index contributed by atoms with van der Waals surface area (Å²) in [7, 11) is 0. The van der Waals surface area contributed by atoms with Crippen LogP contribution in [0, 0.1) is 6.92 Å². The fraction of sp³-hybridized carbons (Fsp3) is 0.167. The zero-order chi connectivity index (χ0) is 11.8. The lowest BCUT2D eigenvalue weighted by Crippen LogP contribution is -2.09. The SMILES string of the molecule is Cc1cc2c(cc1-c1ccnc(=O)[nH]1)OCO2. The monoisotopic (exact) mass is 230 g/mol. The van der Waals surface area contributed by atoms with Crippen LogP contribution in [-0.4, -0.2) is 16.8 Å². The average molecular weight is 230 g/mol. The van der Waals surface area contributed by atoms with Crippen LogP contribution in [0.4, 0.5) is 0 Å². The normalized spacial score (nSPS) is 12.8. The van der Waals surface area contributed by atoms with E-state index in [0.717, 1.165) is 22.6 Å². The van der Waals surface area contributed by atoms with Crippen LogP contribution >= 0.6 is 0 Å². The molecule has 0 fully saturated rings. The van der Waals surface area contributed by atoms with E-state index in [-0.39, 0.29) is 12.5 Å². The van der Waals surface area contributed by atoms with Gasteiger partial charge in [-0.25, -0.2) is 9.78 Å². The lowest BCUT2D eigenvalue weighted by Gasteiger charge is -2.06. The van der Waals surface area contributed by atoms with Crippen LogP contribution in [0.25, 0.3) is 11.3 Å². The standard InChI is InChI=1S/C12H10N2O3/c1-7-4-10-11(17-6-16-10)5-8(7)9-2-3-13-12(15)14-9/h2-5H,6H2,1H3,(H,13,14,15). The Morgan fingerprint density at radius 3 is 2.82 bits per heavy atom. The molecule has 2 aromatic rings. The molecular weight excluding hydrogens is 220 g/mol. The first-order valence-corrected chi connectivity index (χ1v) is 5.20. The minimum atomic E-state index is -0.362. The van der Waals surface area contributed by atoms with E-state index in [9.17, 15) is 4.79 Å². The Morgan fingerprint density at radius 1 is 1.29 bits per heavy atom. The summed E-state index contributed by atoms with van der Waals surface area (Å²) in [6, 6.07) is 5.52. The molecule has 0 atom stereocenters. The molecule has 2 heterocycles. The number of aryl methyl sites for hydroxylation is 1. The maximum Gasteiger partial charge on any atom is 0.345 e. The Bertz CT molecular complexity index is 634. The number of nitrogens with one attached hydrogen (secondary N) is 1. The van der Waals surface area contributed by atoms with Gasteiger partial charge in [-0.15, -0.1) is 0 Å². The first-order chi connectivity index (χ1) is 8.24. The first-order valence-electron chi connectivity index (χ1n) is 5.20. The zero-order valence-electron chi connectivity index (χ0n) is 9.19. The second-order valence-electron chi connectivity index (χ2n) is 3.81. The Kier molecular flexibility index (Phi) is 2.11. The van der Waals surface area contributed by atoms with E-state index in [2.05, 4.69) is 9.97 Å². The molecule has 0 bridgehead atoms. The molecule has 1 aromatic heterocycles. The van der Waals surface area contributed by atoms with Crippen LogP contribution in [0.5, 0.6) is 11.5 Å². The smallest absolute Gasteiger partial charge is 0.345 e. The number of aromatic amines is 1. The molecule has 5 heteroatoms. The van der Waals surface area contributed by atoms with E-state index >= 15 is 0 Å². The number of hydrogen-bond acceptors (Lipinski definition) is 4. The van der Waals surface area contributed by atoms with Crippen molar-refractivity contribution in [2.24, 2.45) is 0 Å². The van der Waals surface area contributed by atoms with Crippen molar-refractivity contribution in [3.63, 3.8) is 0 Å². The van der Waals surface area contributed by atoms with Crippen molar-refractivity contribution in [2.75, 3.05) is 6.79 Å². The molecule has 0 saturated heterocycles. The van der Waals surface area contributed by atoms with Gasteiger partial charge in [-0.2, -0.15) is 0 Å². The minimum absolute atomic E-state index is 0.241. The van der Waals surface area contributed by atoms with Crippen LogP contribution < -0.4 is 15.2 Å². The topological polar surface area (TPSA) is 64.2 Å². The molecule has 0 spiro atoms. The highest BCUT2D eigenvalue weighted by Crippen LogP contribution is 2.37. The molecule has 1 aliphatic heterocycles. The molecule has 1 N–H and O–H groups in total. The molecule has 3 rings (SSSR count). The summed E-state index contributed by atoms with van der Waals surface area (Å²) in [5.41, 5.74) is 2.28. The van der Waals surface area contributed by atoms with Crippen molar-refractivity contribution in [3.8, 4) is 22.8 Å². The highest BCUT2D eigenvalue weighted by Gasteiger charge is 2.16. The van der Waals surface area contributed by atoms with Crippen LogP contribution in [0.15, 0.2) is 29.2 Å². The predicted molar refractivity (Wildman–Crippen MR) is 61.2 cm³/mol. The van der Waals surface area contributed by atoms with Gasteiger partial charge in [0.25, 0.3) is 0 Å². The van der Waals surface area contributed by atoms with Gasteiger partial charge in [-0.1, -0.05) is 0 Å². The Hall–Kier alpha value is -2.30. The second-order valence-corrected chi connectivity index (χ2v) is 3.81. The summed E-state index contributed by atoms with van der Waals surface area (Å²) >= 11 is 0. The van der Waals surface area contributed by atoms with Gasteiger partial charge in [0.2, 0.25) is 6.79 Å². The Labute approximate surface area is 97.0 Å². The van der Waals surface area contributed by atoms with E-state index in [1.165, 1.54) is 6.20 Å². The van der Waals surface area contributed by atoms with E-state index in [1.807, 2.05) is 19.1 Å². The van der Waals surface area contributed by atoms with Gasteiger partial charge in [0.1, 0.15) is 0 Å². The van der Waals surface area contributed by atoms with Crippen molar-refractivity contribution in [1.82, 2.24) is 9.97 Å². The predicted octanol–water partition coefficient (Wildman–Crippen LogP) is 1.47. The van der Waals surface area contributed by atoms with Crippen LogP contribution in [0.3, 0.4) is 0 Å². The summed E-state index contributed by atoms with van der Waals surface area (Å²) < 4.78 is 10.6. The molecule has 0 saturated carbocycles. The summed E-state index contributed by atoms with van der Waals surface area (Å²) in [5.74, 6) is 1.44. The second kappa shape index (κ2) is 3.62. The maximum atomic E-state index is 11.2. The highest BCUT2D eigenvalue weighted by molar-refractivity contribution is 5.68. The molecule has 86 valence electrons. The van der Waals surface area contributed by atoms with Crippen LogP contribution in [-0.2, 0) is 0 Å². The van der Waals surface area contributed by atoms with Crippen molar-refractivity contribution in [3.05, 3.63) is 40.4 Å². The fourth-order valence-corrected chi connectivity index (χ4v) is 1.86. The number of benzene rings is 1. The van der Waals surface area contributed by atoms with Gasteiger partial charge in [0.15, 0.2) is 11.5 Å². The number of aromatic nitrogens is 2. The minimum Gasteiger partial charge on any atom is -0.454 e. The third-order valence-corrected chi connectivity index (χ3v) is 2.68. The zero-order valence-corrected chi connectivity index (χ0v) is 9.19. The number of H-pyrrole nitrogens is 1. The van der Waals surface area contributed by atoms with Gasteiger partial charge in [0, 0.05) is 11.8 Å². The maximum absolute atomic E-state index is 11.2. The van der Waals surface area contributed by atoms with Gasteiger partial charge in [-0.3, -0.25) is 0 Å². The van der Waals surface area contributed by atoms with E-state index in [1.54, 1.807) is 6.07 Å². The highest BCUT2D eigenvalue weighted by atomic mass is 16.7. The Morgan fingerprint density at radius 2 is 2.06 bits per heavy atom. The Balaban J connectivity index is 2.18. The molecule has 0 aliphatic carbocycles. The molecule has 1 aliphatic rings. The number of rotatable bonds is 1. The van der Waals surface area contributed by atoms with Gasteiger partial charge < -0.3 is 14.5 Å². The number of fused-ring (bicyclic) bond motifs is 1. The first kappa shape index (κ1) is 9.89.